The van der Waals surface area contributed by atoms with Crippen molar-refractivity contribution in [2.75, 3.05) is 5.75 Å². The first-order valence-electron chi connectivity index (χ1n) is 5.97. The molecule has 1 unspecified atom stereocenters. The molecule has 0 saturated heterocycles. The molecular weight excluding hydrogens is 354 g/mol. The van der Waals surface area contributed by atoms with Crippen LogP contribution in [0.1, 0.15) is 16.6 Å². The molecule has 2 rings (SSSR count). The fraction of sp³-hybridized carbons (Fsp3) is 0.231. The highest BCUT2D eigenvalue weighted by atomic mass is 35.5. The number of hydrogen-bond donors (Lipinski definition) is 1. The molecule has 0 aliphatic heterocycles. The molecule has 0 fully saturated rings. The lowest BCUT2D eigenvalue weighted by atomic mass is 10.3. The number of rotatable bonds is 5. The number of nitrogens with zero attached hydrogens (tertiary/aromatic N) is 1. The SMILES string of the molecule is CC(CSc1ccc(F)cc1)NC(=O)c1snc(Cl)c1Cl. The normalized spacial score (nSPS) is 12.2. The Hall–Kier alpha value is -0.820. The van der Waals surface area contributed by atoms with Crippen molar-refractivity contribution in [2.45, 2.75) is 17.9 Å². The van der Waals surface area contributed by atoms with Crippen LogP contribution in [-0.4, -0.2) is 22.1 Å². The van der Waals surface area contributed by atoms with E-state index in [1.165, 1.54) is 23.9 Å². The summed E-state index contributed by atoms with van der Waals surface area (Å²) in [6, 6.07) is 6.14. The lowest BCUT2D eigenvalue weighted by Crippen LogP contribution is -2.33. The van der Waals surface area contributed by atoms with Crippen molar-refractivity contribution in [1.82, 2.24) is 9.69 Å². The van der Waals surface area contributed by atoms with E-state index in [0.29, 0.717) is 10.6 Å². The molecule has 3 nitrogen and oxygen atoms in total. The van der Waals surface area contributed by atoms with E-state index >= 15 is 0 Å². The van der Waals surface area contributed by atoms with Gasteiger partial charge in [0.05, 0.1) is 0 Å². The van der Waals surface area contributed by atoms with Crippen LogP contribution in [0.3, 0.4) is 0 Å². The van der Waals surface area contributed by atoms with Gasteiger partial charge in [-0.25, -0.2) is 4.39 Å². The molecule has 1 heterocycles. The molecule has 1 amide bonds. The second-order valence-corrected chi connectivity index (χ2v) is 6.86. The van der Waals surface area contributed by atoms with E-state index in [1.54, 1.807) is 12.1 Å². The van der Waals surface area contributed by atoms with E-state index < -0.39 is 0 Å². The Morgan fingerprint density at radius 2 is 2.10 bits per heavy atom. The molecule has 2 aromatic rings. The van der Waals surface area contributed by atoms with E-state index in [4.69, 9.17) is 23.2 Å². The minimum Gasteiger partial charge on any atom is -0.348 e. The van der Waals surface area contributed by atoms with Crippen LogP contribution in [0.5, 0.6) is 0 Å². The van der Waals surface area contributed by atoms with Gasteiger partial charge in [0.15, 0.2) is 5.15 Å². The van der Waals surface area contributed by atoms with Gasteiger partial charge in [-0.1, -0.05) is 23.2 Å². The molecule has 0 spiro atoms. The van der Waals surface area contributed by atoms with Gasteiger partial charge in [-0.15, -0.1) is 11.8 Å². The molecule has 0 aliphatic rings. The minimum atomic E-state index is -0.295. The highest BCUT2D eigenvalue weighted by molar-refractivity contribution is 7.99. The molecule has 0 bridgehead atoms. The van der Waals surface area contributed by atoms with Crippen molar-refractivity contribution in [1.29, 1.82) is 0 Å². The quantitative estimate of drug-likeness (QED) is 0.794. The number of amides is 1. The molecular formula is C13H11Cl2FN2OS2. The molecule has 1 aromatic carbocycles. The Kier molecular flexibility index (Phi) is 5.87. The molecule has 1 aromatic heterocycles. The van der Waals surface area contributed by atoms with Crippen molar-refractivity contribution in [3.8, 4) is 0 Å². The van der Waals surface area contributed by atoms with Crippen LogP contribution in [0.25, 0.3) is 0 Å². The smallest absolute Gasteiger partial charge is 0.264 e. The average molecular weight is 365 g/mol. The van der Waals surface area contributed by atoms with Gasteiger partial charge in [0.25, 0.3) is 5.91 Å². The fourth-order valence-electron chi connectivity index (χ4n) is 1.48. The number of carbonyl (C=O) groups excluding carboxylic acids is 1. The van der Waals surface area contributed by atoms with Crippen LogP contribution < -0.4 is 5.32 Å². The van der Waals surface area contributed by atoms with Crippen LogP contribution in [0.4, 0.5) is 4.39 Å². The number of carbonyl (C=O) groups is 1. The number of thioether (sulfide) groups is 1. The van der Waals surface area contributed by atoms with Gasteiger partial charge in [-0.2, -0.15) is 4.37 Å². The highest BCUT2D eigenvalue weighted by Gasteiger charge is 2.18. The van der Waals surface area contributed by atoms with Gasteiger partial charge in [-0.3, -0.25) is 4.79 Å². The zero-order valence-electron chi connectivity index (χ0n) is 10.9. The number of benzene rings is 1. The maximum Gasteiger partial charge on any atom is 0.264 e. The first kappa shape index (κ1) is 16.5. The summed E-state index contributed by atoms with van der Waals surface area (Å²) in [6.45, 7) is 1.88. The third kappa shape index (κ3) is 4.57. The summed E-state index contributed by atoms with van der Waals surface area (Å²) in [5.74, 6) is 0.0932. The number of aromatic nitrogens is 1. The summed E-state index contributed by atoms with van der Waals surface area (Å²) in [5.41, 5.74) is 0. The Bertz CT molecular complexity index is 634. The molecule has 1 atom stereocenters. The van der Waals surface area contributed by atoms with E-state index in [9.17, 15) is 9.18 Å². The summed E-state index contributed by atoms with van der Waals surface area (Å²) in [4.78, 5) is 13.2. The topological polar surface area (TPSA) is 42.0 Å². The van der Waals surface area contributed by atoms with Crippen molar-refractivity contribution in [3.05, 3.63) is 45.1 Å². The van der Waals surface area contributed by atoms with Crippen LogP contribution in [0.2, 0.25) is 10.2 Å². The van der Waals surface area contributed by atoms with E-state index in [1.807, 2.05) is 6.92 Å². The third-order valence-corrected chi connectivity index (χ3v) is 5.56. The predicted octanol–water partition coefficient (Wildman–Crippen LogP) is 4.50. The molecule has 1 N–H and O–H groups in total. The van der Waals surface area contributed by atoms with Gasteiger partial charge in [0.2, 0.25) is 0 Å². The van der Waals surface area contributed by atoms with Gasteiger partial charge in [-0.05, 0) is 42.7 Å². The first-order chi connectivity index (χ1) is 9.97. The van der Waals surface area contributed by atoms with Crippen LogP contribution in [0.15, 0.2) is 29.2 Å². The molecule has 0 saturated carbocycles. The molecule has 21 heavy (non-hydrogen) atoms. The monoisotopic (exact) mass is 364 g/mol. The van der Waals surface area contributed by atoms with Crippen LogP contribution >= 0.6 is 46.5 Å². The second kappa shape index (κ2) is 7.45. The summed E-state index contributed by atoms with van der Waals surface area (Å²) in [5, 5.41) is 3.14. The Morgan fingerprint density at radius 1 is 1.43 bits per heavy atom. The maximum atomic E-state index is 12.8. The summed E-state index contributed by atoms with van der Waals surface area (Å²) >= 11 is 14.1. The van der Waals surface area contributed by atoms with Crippen molar-refractivity contribution < 1.29 is 9.18 Å². The standard InChI is InChI=1S/C13H11Cl2FN2OS2/c1-7(6-20-9-4-2-8(16)3-5-9)17-13(19)11-10(14)12(15)18-21-11/h2-5,7H,6H2,1H3,(H,17,19). The Morgan fingerprint density at radius 3 is 2.67 bits per heavy atom. The van der Waals surface area contributed by atoms with Crippen molar-refractivity contribution in [2.24, 2.45) is 0 Å². The number of hydrogen-bond acceptors (Lipinski definition) is 4. The molecule has 0 radical (unpaired) electrons. The first-order valence-corrected chi connectivity index (χ1v) is 8.48. The lowest BCUT2D eigenvalue weighted by molar-refractivity contribution is 0.0948. The lowest BCUT2D eigenvalue weighted by Gasteiger charge is -2.12. The zero-order chi connectivity index (χ0) is 15.4. The fourth-order valence-corrected chi connectivity index (χ4v) is 3.46. The summed E-state index contributed by atoms with van der Waals surface area (Å²) < 4.78 is 16.6. The van der Waals surface area contributed by atoms with Crippen molar-refractivity contribution in [3.63, 3.8) is 0 Å². The van der Waals surface area contributed by atoms with Crippen LogP contribution in [0, 0.1) is 5.82 Å². The third-order valence-electron chi connectivity index (χ3n) is 2.49. The molecule has 0 aliphatic carbocycles. The predicted molar refractivity (Wildman–Crippen MR) is 86.2 cm³/mol. The van der Waals surface area contributed by atoms with Crippen molar-refractivity contribution >= 4 is 52.4 Å². The van der Waals surface area contributed by atoms with Gasteiger partial charge < -0.3 is 5.32 Å². The summed E-state index contributed by atoms with van der Waals surface area (Å²) in [7, 11) is 0. The zero-order valence-corrected chi connectivity index (χ0v) is 14.0. The van der Waals surface area contributed by atoms with Gasteiger partial charge >= 0.3 is 0 Å². The highest BCUT2D eigenvalue weighted by Crippen LogP contribution is 2.28. The van der Waals surface area contributed by atoms with E-state index in [0.717, 1.165) is 16.4 Å². The van der Waals surface area contributed by atoms with E-state index in [-0.39, 0.29) is 27.9 Å². The Labute approximate surface area is 140 Å². The Balaban J connectivity index is 1.87. The number of halogens is 3. The summed E-state index contributed by atoms with van der Waals surface area (Å²) in [6.07, 6.45) is 0. The number of nitrogens with one attached hydrogen (secondary N) is 1. The van der Waals surface area contributed by atoms with E-state index in [2.05, 4.69) is 9.69 Å². The van der Waals surface area contributed by atoms with Crippen LogP contribution in [-0.2, 0) is 0 Å². The average Bonchev–Trinajstić information content (AvgIpc) is 2.78. The second-order valence-electron chi connectivity index (χ2n) is 4.26. The van der Waals surface area contributed by atoms with Gasteiger partial charge in [0, 0.05) is 16.7 Å². The molecule has 8 heteroatoms. The van der Waals surface area contributed by atoms with Gasteiger partial charge in [0.1, 0.15) is 15.7 Å². The molecule has 112 valence electrons. The largest absolute Gasteiger partial charge is 0.348 e. The minimum absolute atomic E-state index is 0.0792. The maximum absolute atomic E-state index is 12.8.